The number of carbonyl (C=O) groups is 1. The number of methoxy groups -OCH3 is 2. The van der Waals surface area contributed by atoms with E-state index >= 15 is 0 Å². The van der Waals surface area contributed by atoms with Gasteiger partial charge in [-0.05, 0) is 12.1 Å². The number of hydrogen-bond donors (Lipinski definition) is 2. The lowest BCUT2D eigenvalue weighted by molar-refractivity contribution is 0.0264. The molecule has 110 valence electrons. The Morgan fingerprint density at radius 2 is 2.05 bits per heavy atom. The third-order valence-electron chi connectivity index (χ3n) is 3.32. The predicted molar refractivity (Wildman–Crippen MR) is 72.3 cm³/mol. The first-order valence-electron chi connectivity index (χ1n) is 6.39. The average Bonchev–Trinajstić information content (AvgIpc) is 2.91. The third-order valence-corrected chi connectivity index (χ3v) is 3.32. The van der Waals surface area contributed by atoms with Gasteiger partial charge >= 0.3 is 0 Å². The van der Waals surface area contributed by atoms with E-state index in [2.05, 4.69) is 5.32 Å². The molecule has 1 aromatic rings. The summed E-state index contributed by atoms with van der Waals surface area (Å²) >= 11 is 0. The van der Waals surface area contributed by atoms with Crippen LogP contribution in [-0.2, 0) is 4.74 Å². The summed E-state index contributed by atoms with van der Waals surface area (Å²) in [6.07, 6.45) is 0.510. The topological polar surface area (TPSA) is 77.0 Å². The van der Waals surface area contributed by atoms with E-state index in [-0.39, 0.29) is 19.1 Å². The molecule has 6 nitrogen and oxygen atoms in total. The second-order valence-corrected chi connectivity index (χ2v) is 4.75. The van der Waals surface area contributed by atoms with Gasteiger partial charge in [0.05, 0.1) is 20.8 Å². The molecule has 2 N–H and O–H groups in total. The lowest BCUT2D eigenvalue weighted by Crippen LogP contribution is -2.43. The van der Waals surface area contributed by atoms with Crippen molar-refractivity contribution in [2.75, 3.05) is 34.0 Å². The summed E-state index contributed by atoms with van der Waals surface area (Å²) in [5.74, 6) is 0.507. The highest BCUT2D eigenvalue weighted by Crippen LogP contribution is 2.28. The predicted octanol–water partition coefficient (Wildman–Crippen LogP) is 0.585. The van der Waals surface area contributed by atoms with Crippen LogP contribution in [0.3, 0.4) is 0 Å². The van der Waals surface area contributed by atoms with E-state index in [1.807, 2.05) is 0 Å². The van der Waals surface area contributed by atoms with Crippen molar-refractivity contribution >= 4 is 5.91 Å². The van der Waals surface area contributed by atoms with Crippen LogP contribution < -0.4 is 14.8 Å². The Morgan fingerprint density at radius 3 is 2.55 bits per heavy atom. The van der Waals surface area contributed by atoms with Gasteiger partial charge in [0.15, 0.2) is 0 Å². The van der Waals surface area contributed by atoms with Gasteiger partial charge in [-0.2, -0.15) is 0 Å². The van der Waals surface area contributed by atoms with Gasteiger partial charge in [0.1, 0.15) is 22.7 Å². The number of benzene rings is 1. The van der Waals surface area contributed by atoms with Crippen molar-refractivity contribution in [2.45, 2.75) is 12.0 Å². The number of hydrogen-bond acceptors (Lipinski definition) is 5. The van der Waals surface area contributed by atoms with Gasteiger partial charge in [-0.15, -0.1) is 0 Å². The van der Waals surface area contributed by atoms with Crippen molar-refractivity contribution in [3.8, 4) is 11.5 Å². The molecule has 0 aromatic heterocycles. The van der Waals surface area contributed by atoms with E-state index in [1.165, 1.54) is 14.2 Å². The number of amides is 1. The van der Waals surface area contributed by atoms with Crippen LogP contribution in [-0.4, -0.2) is 50.6 Å². The molecular weight excluding hydrogens is 262 g/mol. The van der Waals surface area contributed by atoms with Gasteiger partial charge in [-0.1, -0.05) is 6.07 Å². The lowest BCUT2D eigenvalue weighted by Gasteiger charge is -2.21. The minimum Gasteiger partial charge on any atom is -0.496 e. The first kappa shape index (κ1) is 14.6. The highest BCUT2D eigenvalue weighted by molar-refractivity contribution is 5.99. The van der Waals surface area contributed by atoms with Crippen molar-refractivity contribution in [2.24, 2.45) is 0 Å². The molecule has 1 amide bonds. The first-order valence-corrected chi connectivity index (χ1v) is 6.39. The van der Waals surface area contributed by atoms with E-state index in [9.17, 15) is 9.90 Å². The molecule has 1 aliphatic rings. The Balaban J connectivity index is 2.12. The molecule has 1 atom stereocenters. The molecule has 0 saturated carbocycles. The van der Waals surface area contributed by atoms with Crippen LogP contribution in [0.5, 0.6) is 11.5 Å². The van der Waals surface area contributed by atoms with Crippen LogP contribution >= 0.6 is 0 Å². The molecule has 6 heteroatoms. The highest BCUT2D eigenvalue weighted by atomic mass is 16.5. The zero-order valence-electron chi connectivity index (χ0n) is 11.6. The fraction of sp³-hybridized carbons (Fsp3) is 0.500. The van der Waals surface area contributed by atoms with Crippen LogP contribution in [0, 0.1) is 0 Å². The summed E-state index contributed by atoms with van der Waals surface area (Å²) in [5, 5.41) is 12.8. The summed E-state index contributed by atoms with van der Waals surface area (Å²) in [5.41, 5.74) is -0.676. The molecule has 0 bridgehead atoms. The van der Waals surface area contributed by atoms with Gasteiger partial charge < -0.3 is 24.6 Å². The smallest absolute Gasteiger partial charge is 0.258 e. The number of carbonyl (C=O) groups excluding carboxylic acids is 1. The Labute approximate surface area is 117 Å². The molecule has 0 aliphatic carbocycles. The molecule has 1 unspecified atom stereocenters. The van der Waals surface area contributed by atoms with E-state index in [0.29, 0.717) is 30.1 Å². The standard InChI is InChI=1S/C14H19NO5/c1-18-10-4-3-5-11(19-2)12(10)13(16)15-8-14(17)6-7-20-9-14/h3-5,17H,6-9H2,1-2H3,(H,15,16). The maximum absolute atomic E-state index is 12.3. The highest BCUT2D eigenvalue weighted by Gasteiger charge is 2.33. The molecule has 1 heterocycles. The van der Waals surface area contributed by atoms with Crippen molar-refractivity contribution in [1.29, 1.82) is 0 Å². The van der Waals surface area contributed by atoms with Gasteiger partial charge in [0.2, 0.25) is 0 Å². The molecule has 20 heavy (non-hydrogen) atoms. The van der Waals surface area contributed by atoms with E-state index < -0.39 is 5.60 Å². The van der Waals surface area contributed by atoms with Gasteiger partial charge in [0.25, 0.3) is 5.91 Å². The maximum Gasteiger partial charge on any atom is 0.258 e. The van der Waals surface area contributed by atoms with E-state index in [0.717, 1.165) is 0 Å². The Morgan fingerprint density at radius 1 is 1.40 bits per heavy atom. The second-order valence-electron chi connectivity index (χ2n) is 4.75. The zero-order chi connectivity index (χ0) is 14.6. The normalized spacial score (nSPS) is 21.6. The molecule has 1 aromatic carbocycles. The summed E-state index contributed by atoms with van der Waals surface area (Å²) in [6, 6.07) is 5.11. The summed E-state index contributed by atoms with van der Waals surface area (Å²) in [7, 11) is 2.98. The molecular formula is C14H19NO5. The molecule has 1 aliphatic heterocycles. The Bertz CT molecular complexity index is 460. The second kappa shape index (κ2) is 6.11. The minimum absolute atomic E-state index is 0.132. The van der Waals surface area contributed by atoms with E-state index in [1.54, 1.807) is 18.2 Å². The molecule has 1 saturated heterocycles. The summed E-state index contributed by atoms with van der Waals surface area (Å²) in [4.78, 5) is 12.3. The minimum atomic E-state index is -0.995. The number of ether oxygens (including phenoxy) is 3. The third kappa shape index (κ3) is 3.02. The molecule has 0 radical (unpaired) electrons. The monoisotopic (exact) mass is 281 g/mol. The average molecular weight is 281 g/mol. The largest absolute Gasteiger partial charge is 0.496 e. The van der Waals surface area contributed by atoms with Crippen LogP contribution in [0.4, 0.5) is 0 Å². The van der Waals surface area contributed by atoms with Crippen LogP contribution in [0.2, 0.25) is 0 Å². The zero-order valence-corrected chi connectivity index (χ0v) is 11.6. The Hall–Kier alpha value is -1.79. The fourth-order valence-electron chi connectivity index (χ4n) is 2.14. The SMILES string of the molecule is COc1cccc(OC)c1C(=O)NCC1(O)CCOC1. The van der Waals surface area contributed by atoms with Crippen molar-refractivity contribution in [3.05, 3.63) is 23.8 Å². The maximum atomic E-state index is 12.3. The van der Waals surface area contributed by atoms with Crippen LogP contribution in [0.1, 0.15) is 16.8 Å². The number of nitrogens with one attached hydrogen (secondary N) is 1. The van der Waals surface area contributed by atoms with Gasteiger partial charge in [-0.25, -0.2) is 0 Å². The quantitative estimate of drug-likeness (QED) is 0.826. The number of aliphatic hydroxyl groups is 1. The van der Waals surface area contributed by atoms with Crippen molar-refractivity contribution < 1.29 is 24.1 Å². The van der Waals surface area contributed by atoms with Crippen LogP contribution in [0.15, 0.2) is 18.2 Å². The molecule has 0 spiro atoms. The van der Waals surface area contributed by atoms with Crippen molar-refractivity contribution in [3.63, 3.8) is 0 Å². The summed E-state index contributed by atoms with van der Waals surface area (Å²) in [6.45, 7) is 0.869. The first-order chi connectivity index (χ1) is 9.59. The lowest BCUT2D eigenvalue weighted by atomic mass is 10.0. The van der Waals surface area contributed by atoms with Crippen LogP contribution in [0.25, 0.3) is 0 Å². The molecule has 2 rings (SSSR count). The molecule has 1 fully saturated rings. The Kier molecular flexibility index (Phi) is 4.46. The number of rotatable bonds is 5. The fourth-order valence-corrected chi connectivity index (χ4v) is 2.14. The van der Waals surface area contributed by atoms with E-state index in [4.69, 9.17) is 14.2 Å². The van der Waals surface area contributed by atoms with Gasteiger partial charge in [-0.3, -0.25) is 4.79 Å². The van der Waals surface area contributed by atoms with Crippen molar-refractivity contribution in [1.82, 2.24) is 5.32 Å². The van der Waals surface area contributed by atoms with Gasteiger partial charge in [0, 0.05) is 19.6 Å². The summed E-state index contributed by atoms with van der Waals surface area (Å²) < 4.78 is 15.5.